The quantitative estimate of drug-likeness (QED) is 0.598. The van der Waals surface area contributed by atoms with Crippen molar-refractivity contribution in [2.75, 3.05) is 19.4 Å². The maximum atomic E-state index is 13.1. The van der Waals surface area contributed by atoms with E-state index in [9.17, 15) is 26.4 Å². The summed E-state index contributed by atoms with van der Waals surface area (Å²) in [6.45, 7) is 1.36. The van der Waals surface area contributed by atoms with Gasteiger partial charge in [0, 0.05) is 39.7 Å². The number of hydrogen-bond donors (Lipinski definition) is 1. The van der Waals surface area contributed by atoms with Gasteiger partial charge in [-0.05, 0) is 42.8 Å². The Morgan fingerprint density at radius 3 is 2.47 bits per heavy atom. The predicted molar refractivity (Wildman–Crippen MR) is 115 cm³/mol. The van der Waals surface area contributed by atoms with Gasteiger partial charge in [-0.2, -0.15) is 13.2 Å². The minimum absolute atomic E-state index is 0.00472. The summed E-state index contributed by atoms with van der Waals surface area (Å²) in [6.07, 6.45) is -4.28. The Labute approximate surface area is 183 Å². The molecule has 0 spiro atoms. The first-order valence-electron chi connectivity index (χ1n) is 9.66. The average molecular weight is 469 g/mol. The summed E-state index contributed by atoms with van der Waals surface area (Å²) < 4.78 is 66.7. The van der Waals surface area contributed by atoms with E-state index in [2.05, 4.69) is 10.3 Å². The van der Waals surface area contributed by atoms with E-state index in [0.717, 1.165) is 10.4 Å². The molecule has 0 saturated heterocycles. The number of carbonyl (C=O) groups excluding carboxylic acids is 1. The Bertz CT molecular complexity index is 1280. The van der Waals surface area contributed by atoms with E-state index in [-0.39, 0.29) is 29.0 Å². The number of fused-ring (bicyclic) bond motifs is 1. The van der Waals surface area contributed by atoms with Crippen molar-refractivity contribution in [1.82, 2.24) is 13.9 Å². The van der Waals surface area contributed by atoms with Crippen LogP contribution in [0.3, 0.4) is 0 Å². The molecule has 0 bridgehead atoms. The zero-order valence-electron chi connectivity index (χ0n) is 18.0. The molecule has 0 radical (unpaired) electrons. The van der Waals surface area contributed by atoms with Crippen LogP contribution in [0.1, 0.15) is 23.4 Å². The largest absolute Gasteiger partial charge is 0.416 e. The van der Waals surface area contributed by atoms with Gasteiger partial charge in [0.15, 0.2) is 0 Å². The van der Waals surface area contributed by atoms with Crippen LogP contribution in [0.5, 0.6) is 0 Å². The van der Waals surface area contributed by atoms with Crippen LogP contribution in [0, 0.1) is 6.92 Å². The summed E-state index contributed by atoms with van der Waals surface area (Å²) in [5, 5.41) is 2.49. The lowest BCUT2D eigenvalue weighted by atomic mass is 10.1. The van der Waals surface area contributed by atoms with Crippen molar-refractivity contribution >= 4 is 32.7 Å². The number of benzene rings is 2. The van der Waals surface area contributed by atoms with Gasteiger partial charge in [-0.1, -0.05) is 6.07 Å². The van der Waals surface area contributed by atoms with Gasteiger partial charge in [0.25, 0.3) is 0 Å². The third-order valence-electron chi connectivity index (χ3n) is 5.13. The summed E-state index contributed by atoms with van der Waals surface area (Å²) in [4.78, 5) is 16.8. The monoisotopic (exact) mass is 468 g/mol. The van der Waals surface area contributed by atoms with Crippen LogP contribution in [0.25, 0.3) is 11.0 Å². The number of anilines is 1. The topological polar surface area (TPSA) is 84.3 Å². The molecule has 0 fully saturated rings. The molecule has 172 valence electrons. The first-order valence-corrected chi connectivity index (χ1v) is 11.1. The Hall–Kier alpha value is -2.92. The third kappa shape index (κ3) is 4.78. The molecule has 3 rings (SSSR count). The molecule has 0 unspecified atom stereocenters. The molecule has 0 aliphatic carbocycles. The van der Waals surface area contributed by atoms with Crippen molar-refractivity contribution in [3.63, 3.8) is 0 Å². The fourth-order valence-corrected chi connectivity index (χ4v) is 4.20. The molecule has 1 heterocycles. The van der Waals surface area contributed by atoms with E-state index in [1.54, 1.807) is 17.7 Å². The number of aryl methyl sites for hydroxylation is 3. The van der Waals surface area contributed by atoms with Crippen molar-refractivity contribution in [2.45, 2.75) is 30.8 Å². The van der Waals surface area contributed by atoms with Crippen molar-refractivity contribution in [1.29, 1.82) is 0 Å². The number of hydrogen-bond acceptors (Lipinski definition) is 4. The van der Waals surface area contributed by atoms with Crippen molar-refractivity contribution in [3.05, 3.63) is 53.3 Å². The van der Waals surface area contributed by atoms with Crippen molar-refractivity contribution in [3.8, 4) is 0 Å². The second-order valence-corrected chi connectivity index (χ2v) is 9.75. The third-order valence-corrected chi connectivity index (χ3v) is 6.94. The number of rotatable bonds is 6. The maximum Gasteiger partial charge on any atom is 0.416 e. The first-order chi connectivity index (χ1) is 14.8. The number of aromatic nitrogens is 2. The Morgan fingerprint density at radius 1 is 1.16 bits per heavy atom. The molecule has 0 aliphatic heterocycles. The van der Waals surface area contributed by atoms with E-state index >= 15 is 0 Å². The Balaban J connectivity index is 1.75. The Morgan fingerprint density at radius 2 is 1.84 bits per heavy atom. The van der Waals surface area contributed by atoms with Crippen molar-refractivity contribution in [2.24, 2.45) is 7.05 Å². The van der Waals surface area contributed by atoms with Crippen LogP contribution >= 0.6 is 0 Å². The molecule has 0 aliphatic rings. The molecule has 1 N–H and O–H groups in total. The summed E-state index contributed by atoms with van der Waals surface area (Å²) in [5.74, 6) is 0.0966. The number of sulfonamides is 1. The zero-order chi connectivity index (χ0) is 23.8. The van der Waals surface area contributed by atoms with Gasteiger partial charge in [-0.25, -0.2) is 17.7 Å². The lowest BCUT2D eigenvalue weighted by Crippen LogP contribution is -2.22. The van der Waals surface area contributed by atoms with Gasteiger partial charge in [0.05, 0.1) is 21.5 Å². The average Bonchev–Trinajstić information content (AvgIpc) is 3.02. The molecule has 0 atom stereocenters. The van der Waals surface area contributed by atoms with E-state index < -0.39 is 27.7 Å². The number of imidazole rings is 1. The maximum absolute atomic E-state index is 13.1. The van der Waals surface area contributed by atoms with Crippen LogP contribution in [-0.4, -0.2) is 42.3 Å². The number of nitrogens with one attached hydrogen (secondary N) is 1. The SMILES string of the molecule is Cc1ccc(NC(=O)CCc2nc3cc(S(=O)(=O)N(C)C)ccc3n2C)cc1C(F)(F)F. The van der Waals surface area contributed by atoms with Crippen molar-refractivity contribution < 1.29 is 26.4 Å². The second-order valence-electron chi connectivity index (χ2n) is 7.60. The van der Waals surface area contributed by atoms with E-state index in [1.165, 1.54) is 45.3 Å². The van der Waals surface area contributed by atoms with E-state index in [4.69, 9.17) is 0 Å². The summed E-state index contributed by atoms with van der Waals surface area (Å²) in [6, 6.07) is 8.25. The highest BCUT2D eigenvalue weighted by Crippen LogP contribution is 2.33. The van der Waals surface area contributed by atoms with Crippen LogP contribution < -0.4 is 5.32 Å². The zero-order valence-corrected chi connectivity index (χ0v) is 18.8. The molecule has 3 aromatic rings. The summed E-state index contributed by atoms with van der Waals surface area (Å²) in [7, 11) is 1.02. The number of carbonyl (C=O) groups is 1. The van der Waals surface area contributed by atoms with Gasteiger partial charge >= 0.3 is 6.18 Å². The normalized spacial score (nSPS) is 12.5. The van der Waals surface area contributed by atoms with Gasteiger partial charge in [-0.15, -0.1) is 0 Å². The molecule has 2 aromatic carbocycles. The lowest BCUT2D eigenvalue weighted by molar-refractivity contribution is -0.138. The van der Waals surface area contributed by atoms with Crippen LogP contribution in [0.4, 0.5) is 18.9 Å². The second kappa shape index (κ2) is 8.55. The molecule has 11 heteroatoms. The predicted octanol–water partition coefficient (Wildman–Crippen LogP) is 3.72. The minimum atomic E-state index is -4.50. The molecular weight excluding hydrogens is 445 g/mol. The number of alkyl halides is 3. The fraction of sp³-hybridized carbons (Fsp3) is 0.333. The van der Waals surface area contributed by atoms with E-state index in [0.29, 0.717) is 16.9 Å². The van der Waals surface area contributed by atoms with Gasteiger partial charge < -0.3 is 9.88 Å². The van der Waals surface area contributed by atoms with Gasteiger partial charge in [0.1, 0.15) is 5.82 Å². The fourth-order valence-electron chi connectivity index (χ4n) is 3.28. The molecule has 1 amide bonds. The lowest BCUT2D eigenvalue weighted by Gasteiger charge is -2.12. The number of halogens is 3. The van der Waals surface area contributed by atoms with Crippen LogP contribution in [0.2, 0.25) is 0 Å². The highest BCUT2D eigenvalue weighted by molar-refractivity contribution is 7.89. The van der Waals surface area contributed by atoms with Crippen LogP contribution in [-0.2, 0) is 34.5 Å². The summed E-state index contributed by atoms with van der Waals surface area (Å²) >= 11 is 0. The molecule has 0 saturated carbocycles. The number of amides is 1. The standard InChI is InChI=1S/C21H23F3N4O3S/c1-13-5-6-14(11-16(13)21(22,23)24)25-20(29)10-9-19-26-17-12-15(32(30,31)27(2)3)7-8-18(17)28(19)4/h5-8,11-12H,9-10H2,1-4H3,(H,25,29). The minimum Gasteiger partial charge on any atom is -0.331 e. The Kier molecular flexibility index (Phi) is 6.34. The van der Waals surface area contributed by atoms with E-state index in [1.807, 2.05) is 0 Å². The van der Waals surface area contributed by atoms with Crippen LogP contribution in [0.15, 0.2) is 41.3 Å². The summed E-state index contributed by atoms with van der Waals surface area (Å²) in [5.41, 5.74) is 0.516. The molecule has 1 aromatic heterocycles. The first kappa shape index (κ1) is 23.7. The van der Waals surface area contributed by atoms with Gasteiger partial charge in [-0.3, -0.25) is 4.79 Å². The molecule has 7 nitrogen and oxygen atoms in total. The molecule has 32 heavy (non-hydrogen) atoms. The van der Waals surface area contributed by atoms with Gasteiger partial charge in [0.2, 0.25) is 15.9 Å². The highest BCUT2D eigenvalue weighted by Gasteiger charge is 2.32. The smallest absolute Gasteiger partial charge is 0.331 e. The number of nitrogens with zero attached hydrogens (tertiary/aromatic N) is 3. The highest BCUT2D eigenvalue weighted by atomic mass is 32.2. The molecular formula is C21H23F3N4O3S.